The quantitative estimate of drug-likeness (QED) is 0.341. The van der Waals surface area contributed by atoms with Crippen LogP contribution >= 0.6 is 0 Å². The molecule has 216 valence electrons. The van der Waals surface area contributed by atoms with Crippen molar-refractivity contribution in [1.29, 1.82) is 0 Å². The van der Waals surface area contributed by atoms with Crippen molar-refractivity contribution < 1.29 is 13.0 Å². The average molecular weight is 582 g/mol. The third-order valence-corrected chi connectivity index (χ3v) is 8.32. The van der Waals surface area contributed by atoms with Crippen LogP contribution in [0.1, 0.15) is 42.0 Å². The molecule has 0 saturated carbocycles. The second-order valence-electron chi connectivity index (χ2n) is 10.4. The number of aromatic nitrogens is 4. The Bertz CT molecular complexity index is 1670. The minimum Gasteiger partial charge on any atom is -0.376 e. The van der Waals surface area contributed by atoms with Gasteiger partial charge in [0, 0.05) is 50.9 Å². The SMILES string of the molecule is Cc1cc([C@@H](C)Nc2ccc(C(F)F)nc2S(C)=O)c2cc(N3CCN(c4cnc(C)nc4)CC3)n(C)c(=O)c2c1. The molecule has 1 saturated heterocycles. The van der Waals surface area contributed by atoms with Crippen molar-refractivity contribution >= 4 is 38.8 Å². The highest BCUT2D eigenvalue weighted by Crippen LogP contribution is 2.32. The third-order valence-electron chi connectivity index (χ3n) is 7.46. The van der Waals surface area contributed by atoms with Crippen LogP contribution < -0.4 is 20.7 Å². The van der Waals surface area contributed by atoms with Gasteiger partial charge in [-0.25, -0.2) is 23.7 Å². The lowest BCUT2D eigenvalue weighted by atomic mass is 9.97. The molecule has 4 heterocycles. The van der Waals surface area contributed by atoms with E-state index in [4.69, 9.17) is 0 Å². The topological polar surface area (TPSA) is 96.2 Å². The summed E-state index contributed by atoms with van der Waals surface area (Å²) in [6.07, 6.45) is 2.33. The van der Waals surface area contributed by atoms with Crippen molar-refractivity contribution in [1.82, 2.24) is 19.5 Å². The summed E-state index contributed by atoms with van der Waals surface area (Å²) in [7, 11) is 0.209. The highest BCUT2D eigenvalue weighted by atomic mass is 32.2. The van der Waals surface area contributed by atoms with E-state index in [2.05, 4.69) is 30.1 Å². The maximum Gasteiger partial charge on any atom is 0.280 e. The lowest BCUT2D eigenvalue weighted by Crippen LogP contribution is -2.48. The van der Waals surface area contributed by atoms with E-state index >= 15 is 0 Å². The molecule has 1 fully saturated rings. The zero-order chi connectivity index (χ0) is 29.4. The molecule has 0 aliphatic carbocycles. The predicted molar refractivity (Wildman–Crippen MR) is 159 cm³/mol. The number of rotatable bonds is 7. The highest BCUT2D eigenvalue weighted by Gasteiger charge is 2.23. The van der Waals surface area contributed by atoms with Gasteiger partial charge in [-0.15, -0.1) is 0 Å². The Morgan fingerprint density at radius 2 is 1.63 bits per heavy atom. The van der Waals surface area contributed by atoms with Gasteiger partial charge in [-0.1, -0.05) is 6.07 Å². The number of hydrogen-bond acceptors (Lipinski definition) is 8. The second-order valence-corrected chi connectivity index (χ2v) is 11.6. The van der Waals surface area contributed by atoms with Crippen molar-refractivity contribution in [3.05, 3.63) is 75.7 Å². The molecule has 0 amide bonds. The molecular weight excluding hydrogens is 548 g/mol. The molecular formula is C29H33F2N7O2S. The first kappa shape index (κ1) is 28.6. The molecule has 1 unspecified atom stereocenters. The molecule has 1 N–H and O–H groups in total. The van der Waals surface area contributed by atoms with E-state index in [-0.39, 0.29) is 16.6 Å². The summed E-state index contributed by atoms with van der Waals surface area (Å²) in [5.41, 5.74) is 2.67. The van der Waals surface area contributed by atoms with Crippen LogP contribution in [-0.4, -0.2) is 56.2 Å². The van der Waals surface area contributed by atoms with Crippen LogP contribution in [-0.2, 0) is 17.8 Å². The smallest absolute Gasteiger partial charge is 0.280 e. The van der Waals surface area contributed by atoms with E-state index in [1.807, 2.05) is 51.4 Å². The van der Waals surface area contributed by atoms with Gasteiger partial charge in [-0.2, -0.15) is 0 Å². The van der Waals surface area contributed by atoms with Crippen molar-refractivity contribution in [2.75, 3.05) is 47.6 Å². The minimum atomic E-state index is -2.76. The molecule has 4 aromatic rings. The molecule has 0 bridgehead atoms. The predicted octanol–water partition coefficient (Wildman–Crippen LogP) is 4.52. The number of aryl methyl sites for hydroxylation is 2. The first-order valence-electron chi connectivity index (χ1n) is 13.4. The Labute approximate surface area is 239 Å². The van der Waals surface area contributed by atoms with Gasteiger partial charge in [0.15, 0.2) is 5.03 Å². The molecule has 1 aliphatic rings. The number of nitrogens with one attached hydrogen (secondary N) is 1. The monoisotopic (exact) mass is 581 g/mol. The second kappa shape index (κ2) is 11.5. The Balaban J connectivity index is 1.48. The van der Waals surface area contributed by atoms with Gasteiger partial charge in [0.25, 0.3) is 12.0 Å². The van der Waals surface area contributed by atoms with Gasteiger partial charge >= 0.3 is 0 Å². The van der Waals surface area contributed by atoms with Crippen LogP contribution in [0.3, 0.4) is 0 Å². The molecule has 5 rings (SSSR count). The summed E-state index contributed by atoms with van der Waals surface area (Å²) < 4.78 is 40.5. The zero-order valence-electron chi connectivity index (χ0n) is 23.7. The normalized spacial score (nSPS) is 15.4. The summed E-state index contributed by atoms with van der Waals surface area (Å²) in [4.78, 5) is 30.6. The van der Waals surface area contributed by atoms with E-state index in [1.165, 1.54) is 18.4 Å². The summed E-state index contributed by atoms with van der Waals surface area (Å²) in [5.74, 6) is 1.55. The fourth-order valence-corrected chi connectivity index (χ4v) is 5.97. The number of hydrogen-bond donors (Lipinski definition) is 1. The maximum absolute atomic E-state index is 13.6. The van der Waals surface area contributed by atoms with Crippen LogP contribution in [0.2, 0.25) is 0 Å². The largest absolute Gasteiger partial charge is 0.376 e. The van der Waals surface area contributed by atoms with Gasteiger partial charge in [-0.3, -0.25) is 13.6 Å². The number of fused-ring (bicyclic) bond motifs is 1. The van der Waals surface area contributed by atoms with E-state index < -0.39 is 22.9 Å². The first-order chi connectivity index (χ1) is 19.5. The molecule has 41 heavy (non-hydrogen) atoms. The van der Waals surface area contributed by atoms with Gasteiger partial charge in [0.1, 0.15) is 17.3 Å². The lowest BCUT2D eigenvalue weighted by Gasteiger charge is -2.37. The van der Waals surface area contributed by atoms with Crippen molar-refractivity contribution in [3.8, 4) is 0 Å². The molecule has 0 spiro atoms. The molecule has 12 heteroatoms. The standard InChI is InChI=1S/C29H33F2N7O2S/c1-17-12-21(18(2)34-25-7-6-24(27(30)31)35-28(25)41(5)40)22-14-26(36(4)29(39)23(22)13-17)38-10-8-37(9-11-38)20-15-32-19(3)33-16-20/h6-7,12-16,18,27,34H,8-11H2,1-5H3/t18-,41?/m1/s1. The van der Waals surface area contributed by atoms with Gasteiger partial charge in [-0.05, 0) is 61.5 Å². The van der Waals surface area contributed by atoms with Crippen LogP contribution in [0.15, 0.2) is 52.5 Å². The Morgan fingerprint density at radius 3 is 2.27 bits per heavy atom. The first-order valence-corrected chi connectivity index (χ1v) is 14.9. The maximum atomic E-state index is 13.6. The summed E-state index contributed by atoms with van der Waals surface area (Å²) in [6, 6.07) is 8.34. The van der Waals surface area contributed by atoms with Crippen LogP contribution in [0.4, 0.5) is 26.0 Å². The van der Waals surface area contributed by atoms with Crippen LogP contribution in [0, 0.1) is 13.8 Å². The average Bonchev–Trinajstić information content (AvgIpc) is 2.95. The molecule has 1 aromatic carbocycles. The molecule has 3 aromatic heterocycles. The summed E-state index contributed by atoms with van der Waals surface area (Å²) >= 11 is 0. The van der Waals surface area contributed by atoms with E-state index in [1.54, 1.807) is 11.6 Å². The Morgan fingerprint density at radius 1 is 0.976 bits per heavy atom. The van der Waals surface area contributed by atoms with Crippen molar-refractivity contribution in [3.63, 3.8) is 0 Å². The molecule has 2 atom stereocenters. The van der Waals surface area contributed by atoms with Crippen LogP contribution in [0.25, 0.3) is 10.8 Å². The number of alkyl halides is 2. The molecule has 9 nitrogen and oxygen atoms in total. The van der Waals surface area contributed by atoms with Crippen molar-refractivity contribution in [2.45, 2.75) is 38.3 Å². The fourth-order valence-electron chi connectivity index (χ4n) is 5.30. The number of pyridine rings is 2. The number of benzene rings is 1. The van der Waals surface area contributed by atoms with Gasteiger partial charge < -0.3 is 15.1 Å². The lowest BCUT2D eigenvalue weighted by molar-refractivity contribution is 0.145. The third kappa shape index (κ3) is 5.79. The minimum absolute atomic E-state index is 0.0695. The Hall–Kier alpha value is -3.93. The van der Waals surface area contributed by atoms with E-state index in [0.29, 0.717) is 11.1 Å². The highest BCUT2D eigenvalue weighted by molar-refractivity contribution is 7.84. The fraction of sp³-hybridized carbons (Fsp3) is 0.379. The van der Waals surface area contributed by atoms with Crippen LogP contribution in [0.5, 0.6) is 0 Å². The van der Waals surface area contributed by atoms with Gasteiger partial charge in [0.05, 0.1) is 34.6 Å². The molecule has 0 radical (unpaired) electrons. The number of piperazine rings is 1. The zero-order valence-corrected chi connectivity index (χ0v) is 24.5. The number of halogens is 2. The number of anilines is 3. The van der Waals surface area contributed by atoms with E-state index in [9.17, 15) is 17.8 Å². The summed E-state index contributed by atoms with van der Waals surface area (Å²) in [5, 5.41) is 4.79. The van der Waals surface area contributed by atoms with E-state index in [0.717, 1.165) is 60.0 Å². The van der Waals surface area contributed by atoms with Gasteiger partial charge in [0.2, 0.25) is 0 Å². The van der Waals surface area contributed by atoms with Crippen molar-refractivity contribution in [2.24, 2.45) is 7.05 Å². The Kier molecular flexibility index (Phi) is 8.03. The molecule has 1 aliphatic heterocycles. The number of nitrogens with zero attached hydrogens (tertiary/aromatic N) is 6. The summed E-state index contributed by atoms with van der Waals surface area (Å²) in [6.45, 7) is 8.67.